The molecule has 1 aromatic carbocycles. The molecule has 0 saturated heterocycles. The second kappa shape index (κ2) is 4.67. The minimum Gasteiger partial charge on any atom is -0.489 e. The van der Waals surface area contributed by atoms with Crippen molar-refractivity contribution in [3.05, 3.63) is 42.0 Å². The van der Waals surface area contributed by atoms with Gasteiger partial charge in [0.25, 0.3) is 0 Å². The smallest absolute Gasteiger partial charge is 0.123 e. The molecule has 0 spiro atoms. The number of rotatable bonds is 4. The van der Waals surface area contributed by atoms with Gasteiger partial charge in [-0.1, -0.05) is 24.8 Å². The van der Waals surface area contributed by atoms with E-state index < -0.39 is 0 Å². The van der Waals surface area contributed by atoms with Crippen molar-refractivity contribution >= 4 is 0 Å². The maximum absolute atomic E-state index is 8.99. The summed E-state index contributed by atoms with van der Waals surface area (Å²) in [6, 6.07) is 5.64. The predicted molar refractivity (Wildman–Crippen MR) is 52.8 cm³/mol. The summed E-state index contributed by atoms with van der Waals surface area (Å²) in [5.41, 5.74) is 1.90. The van der Waals surface area contributed by atoms with Gasteiger partial charge in [0, 0.05) is 0 Å². The minimum absolute atomic E-state index is 0.0527. The molecule has 0 saturated carbocycles. The van der Waals surface area contributed by atoms with Crippen LogP contribution in [0.15, 0.2) is 30.9 Å². The normalized spacial score (nSPS) is 9.69. The number of benzene rings is 1. The average Bonchev–Trinajstić information content (AvgIpc) is 2.16. The van der Waals surface area contributed by atoms with E-state index >= 15 is 0 Å². The molecular formula is C11H14O2. The summed E-state index contributed by atoms with van der Waals surface area (Å²) in [6.45, 7) is 6.06. The summed E-state index contributed by atoms with van der Waals surface area (Å²) < 4.78 is 5.40. The van der Waals surface area contributed by atoms with Gasteiger partial charge in [0.15, 0.2) is 0 Å². The van der Waals surface area contributed by atoms with E-state index in [1.165, 1.54) is 0 Å². The highest BCUT2D eigenvalue weighted by Gasteiger charge is 2.02. The summed E-state index contributed by atoms with van der Waals surface area (Å²) in [5.74, 6) is 0.812. The monoisotopic (exact) mass is 178 g/mol. The first-order valence-electron chi connectivity index (χ1n) is 4.22. The zero-order chi connectivity index (χ0) is 9.68. The first kappa shape index (κ1) is 9.81. The van der Waals surface area contributed by atoms with E-state index in [4.69, 9.17) is 9.84 Å². The number of ether oxygens (including phenoxy) is 1. The highest BCUT2D eigenvalue weighted by atomic mass is 16.5. The summed E-state index contributed by atoms with van der Waals surface area (Å²) in [7, 11) is 0. The third-order valence-electron chi connectivity index (χ3n) is 1.92. The van der Waals surface area contributed by atoms with Crippen LogP contribution in [0.25, 0.3) is 0 Å². The van der Waals surface area contributed by atoms with Gasteiger partial charge in [0.2, 0.25) is 0 Å². The van der Waals surface area contributed by atoms with Gasteiger partial charge in [-0.15, -0.1) is 0 Å². The van der Waals surface area contributed by atoms with Crippen molar-refractivity contribution < 1.29 is 9.84 Å². The molecule has 1 rings (SSSR count). The topological polar surface area (TPSA) is 29.5 Å². The van der Waals surface area contributed by atoms with E-state index in [1.54, 1.807) is 6.08 Å². The van der Waals surface area contributed by atoms with Crippen LogP contribution >= 0.6 is 0 Å². The fourth-order valence-electron chi connectivity index (χ4n) is 1.14. The Bertz CT molecular complexity index is 292. The first-order valence-corrected chi connectivity index (χ1v) is 4.22. The molecule has 0 aliphatic carbocycles. The van der Waals surface area contributed by atoms with Gasteiger partial charge in [-0.2, -0.15) is 0 Å². The molecule has 0 aliphatic rings. The Balaban J connectivity index is 2.87. The fourth-order valence-corrected chi connectivity index (χ4v) is 1.14. The summed E-state index contributed by atoms with van der Waals surface area (Å²) in [5, 5.41) is 8.99. The highest BCUT2D eigenvalue weighted by molar-refractivity contribution is 5.38. The van der Waals surface area contributed by atoms with Gasteiger partial charge in [-0.25, -0.2) is 0 Å². The molecule has 2 heteroatoms. The summed E-state index contributed by atoms with van der Waals surface area (Å²) in [4.78, 5) is 0. The van der Waals surface area contributed by atoms with E-state index in [9.17, 15) is 0 Å². The highest BCUT2D eigenvalue weighted by Crippen LogP contribution is 2.21. The van der Waals surface area contributed by atoms with Crippen LogP contribution in [0, 0.1) is 6.92 Å². The first-order chi connectivity index (χ1) is 6.29. The molecular weight excluding hydrogens is 164 g/mol. The number of aliphatic hydroxyl groups is 1. The molecule has 0 aliphatic heterocycles. The Kier molecular flexibility index (Phi) is 3.53. The molecule has 2 nitrogen and oxygen atoms in total. The Morgan fingerprint density at radius 2 is 2.31 bits per heavy atom. The molecule has 0 radical (unpaired) electrons. The second-order valence-electron chi connectivity index (χ2n) is 2.80. The van der Waals surface area contributed by atoms with Crippen LogP contribution in [0.4, 0.5) is 0 Å². The lowest BCUT2D eigenvalue weighted by atomic mass is 10.1. The molecule has 13 heavy (non-hydrogen) atoms. The predicted octanol–water partition coefficient (Wildman–Crippen LogP) is 2.05. The molecule has 0 atom stereocenters. The molecule has 1 aromatic rings. The van der Waals surface area contributed by atoms with Crippen molar-refractivity contribution in [2.75, 3.05) is 6.61 Å². The SMILES string of the molecule is C=CCOc1cccc(CO)c1C. The van der Waals surface area contributed by atoms with Crippen LogP contribution in [-0.4, -0.2) is 11.7 Å². The minimum atomic E-state index is 0.0527. The summed E-state index contributed by atoms with van der Waals surface area (Å²) in [6.07, 6.45) is 1.70. The Labute approximate surface area is 78.5 Å². The Morgan fingerprint density at radius 1 is 1.54 bits per heavy atom. The number of aliphatic hydroxyl groups excluding tert-OH is 1. The third-order valence-corrected chi connectivity index (χ3v) is 1.92. The van der Waals surface area contributed by atoms with E-state index in [0.29, 0.717) is 6.61 Å². The van der Waals surface area contributed by atoms with Crippen LogP contribution < -0.4 is 4.74 Å². The van der Waals surface area contributed by atoms with Crippen molar-refractivity contribution in [2.45, 2.75) is 13.5 Å². The van der Waals surface area contributed by atoms with Gasteiger partial charge < -0.3 is 9.84 Å². The zero-order valence-electron chi connectivity index (χ0n) is 7.79. The molecule has 0 unspecified atom stereocenters. The largest absolute Gasteiger partial charge is 0.489 e. The van der Waals surface area contributed by atoms with E-state index in [0.717, 1.165) is 16.9 Å². The Hall–Kier alpha value is -1.28. The van der Waals surface area contributed by atoms with Crippen molar-refractivity contribution in [3.63, 3.8) is 0 Å². The average molecular weight is 178 g/mol. The van der Waals surface area contributed by atoms with Crippen molar-refractivity contribution in [3.8, 4) is 5.75 Å². The molecule has 1 N–H and O–H groups in total. The second-order valence-corrected chi connectivity index (χ2v) is 2.80. The van der Waals surface area contributed by atoms with Crippen molar-refractivity contribution in [1.29, 1.82) is 0 Å². The van der Waals surface area contributed by atoms with Crippen LogP contribution in [0.3, 0.4) is 0 Å². The lowest BCUT2D eigenvalue weighted by molar-refractivity contribution is 0.279. The fraction of sp³-hybridized carbons (Fsp3) is 0.273. The van der Waals surface area contributed by atoms with Gasteiger partial charge in [0.1, 0.15) is 12.4 Å². The molecule has 0 heterocycles. The Morgan fingerprint density at radius 3 is 2.92 bits per heavy atom. The van der Waals surface area contributed by atoms with Crippen LogP contribution in [0.2, 0.25) is 0 Å². The van der Waals surface area contributed by atoms with E-state index in [-0.39, 0.29) is 6.61 Å². The van der Waals surface area contributed by atoms with Gasteiger partial charge >= 0.3 is 0 Å². The van der Waals surface area contributed by atoms with Crippen LogP contribution in [0.1, 0.15) is 11.1 Å². The molecule has 70 valence electrons. The standard InChI is InChI=1S/C11H14O2/c1-3-7-13-11-6-4-5-10(8-12)9(11)2/h3-6,12H,1,7-8H2,2H3. The lowest BCUT2D eigenvalue weighted by Crippen LogP contribution is -1.97. The lowest BCUT2D eigenvalue weighted by Gasteiger charge is -2.09. The van der Waals surface area contributed by atoms with Crippen LogP contribution in [-0.2, 0) is 6.61 Å². The van der Waals surface area contributed by atoms with Crippen molar-refractivity contribution in [2.24, 2.45) is 0 Å². The van der Waals surface area contributed by atoms with Crippen LogP contribution in [0.5, 0.6) is 5.75 Å². The van der Waals surface area contributed by atoms with E-state index in [2.05, 4.69) is 6.58 Å². The van der Waals surface area contributed by atoms with Gasteiger partial charge in [-0.05, 0) is 24.1 Å². The molecule has 0 fully saturated rings. The quantitative estimate of drug-likeness (QED) is 0.715. The van der Waals surface area contributed by atoms with E-state index in [1.807, 2.05) is 25.1 Å². The van der Waals surface area contributed by atoms with Crippen molar-refractivity contribution in [1.82, 2.24) is 0 Å². The molecule has 0 amide bonds. The zero-order valence-corrected chi connectivity index (χ0v) is 7.79. The third kappa shape index (κ3) is 2.33. The maximum Gasteiger partial charge on any atom is 0.123 e. The number of hydrogen-bond donors (Lipinski definition) is 1. The van der Waals surface area contributed by atoms with Gasteiger partial charge in [0.05, 0.1) is 6.61 Å². The summed E-state index contributed by atoms with van der Waals surface area (Å²) >= 11 is 0. The number of hydrogen-bond acceptors (Lipinski definition) is 2. The maximum atomic E-state index is 8.99. The molecule has 0 aromatic heterocycles. The molecule has 0 bridgehead atoms. The van der Waals surface area contributed by atoms with Gasteiger partial charge in [-0.3, -0.25) is 0 Å².